The fourth-order valence-corrected chi connectivity index (χ4v) is 3.04. The zero-order valence-corrected chi connectivity index (χ0v) is 12.4. The van der Waals surface area contributed by atoms with E-state index in [0.29, 0.717) is 12.0 Å². The van der Waals surface area contributed by atoms with Crippen molar-refractivity contribution in [3.05, 3.63) is 29.3 Å². The predicted molar refractivity (Wildman–Crippen MR) is 83.0 cm³/mol. The van der Waals surface area contributed by atoms with Crippen molar-refractivity contribution in [1.82, 2.24) is 5.32 Å². The highest BCUT2D eigenvalue weighted by Gasteiger charge is 2.22. The molecule has 0 spiro atoms. The first-order valence-corrected chi connectivity index (χ1v) is 7.92. The van der Waals surface area contributed by atoms with Crippen molar-refractivity contribution in [3.63, 3.8) is 0 Å². The Morgan fingerprint density at radius 1 is 1.33 bits per heavy atom. The quantitative estimate of drug-likeness (QED) is 0.869. The van der Waals surface area contributed by atoms with Gasteiger partial charge in [-0.1, -0.05) is 6.07 Å². The third-order valence-corrected chi connectivity index (χ3v) is 4.47. The number of aliphatic hydroxyl groups excluding tert-OH is 1. The van der Waals surface area contributed by atoms with Crippen LogP contribution in [0, 0.1) is 17.2 Å². The second-order valence-electron chi connectivity index (χ2n) is 6.26. The van der Waals surface area contributed by atoms with Crippen LogP contribution in [0.1, 0.15) is 36.8 Å². The third kappa shape index (κ3) is 3.55. The molecule has 4 nitrogen and oxygen atoms in total. The molecule has 1 unspecified atom stereocenters. The van der Waals surface area contributed by atoms with Gasteiger partial charge >= 0.3 is 0 Å². The predicted octanol–water partition coefficient (Wildman–Crippen LogP) is 2.02. The molecule has 1 saturated carbocycles. The molecule has 21 heavy (non-hydrogen) atoms. The van der Waals surface area contributed by atoms with Gasteiger partial charge in [0.05, 0.1) is 11.3 Å². The van der Waals surface area contributed by atoms with Gasteiger partial charge in [0.2, 0.25) is 0 Å². The van der Waals surface area contributed by atoms with Gasteiger partial charge in [-0.3, -0.25) is 0 Å². The molecule has 2 N–H and O–H groups in total. The van der Waals surface area contributed by atoms with E-state index < -0.39 is 0 Å². The number of benzene rings is 1. The summed E-state index contributed by atoms with van der Waals surface area (Å²) < 4.78 is 0. The van der Waals surface area contributed by atoms with Crippen molar-refractivity contribution in [2.45, 2.75) is 38.3 Å². The monoisotopic (exact) mass is 285 g/mol. The Labute approximate surface area is 126 Å². The summed E-state index contributed by atoms with van der Waals surface area (Å²) in [5.74, 6) is 0.335. The molecule has 4 heteroatoms. The van der Waals surface area contributed by atoms with E-state index in [9.17, 15) is 10.4 Å². The first kappa shape index (κ1) is 14.4. The smallest absolute Gasteiger partial charge is 0.101 e. The summed E-state index contributed by atoms with van der Waals surface area (Å²) in [5, 5.41) is 22.3. The van der Waals surface area contributed by atoms with Gasteiger partial charge in [-0.25, -0.2) is 0 Å². The minimum absolute atomic E-state index is 0.238. The van der Waals surface area contributed by atoms with Crippen molar-refractivity contribution >= 4 is 5.69 Å². The molecule has 112 valence electrons. The maximum absolute atomic E-state index is 9.44. The summed E-state index contributed by atoms with van der Waals surface area (Å²) in [4.78, 5) is 2.25. The zero-order valence-electron chi connectivity index (χ0n) is 12.4. The van der Waals surface area contributed by atoms with E-state index in [1.807, 2.05) is 6.07 Å². The molecule has 2 fully saturated rings. The Morgan fingerprint density at radius 2 is 2.19 bits per heavy atom. The molecule has 1 aliphatic carbocycles. The highest BCUT2D eigenvalue weighted by atomic mass is 16.3. The van der Waals surface area contributed by atoms with Crippen LogP contribution in [0.2, 0.25) is 0 Å². The molecule has 0 radical (unpaired) electrons. The lowest BCUT2D eigenvalue weighted by atomic mass is 9.97. The summed E-state index contributed by atoms with van der Waals surface area (Å²) in [7, 11) is 0. The van der Waals surface area contributed by atoms with E-state index in [4.69, 9.17) is 0 Å². The Balaban J connectivity index is 1.73. The average Bonchev–Trinajstić information content (AvgIpc) is 3.37. The average molecular weight is 285 g/mol. The maximum Gasteiger partial charge on any atom is 0.101 e. The van der Waals surface area contributed by atoms with E-state index >= 15 is 0 Å². The largest absolute Gasteiger partial charge is 0.396 e. The number of nitrogens with one attached hydrogen (secondary N) is 1. The van der Waals surface area contributed by atoms with Gasteiger partial charge in [-0.05, 0) is 49.3 Å². The van der Waals surface area contributed by atoms with Gasteiger partial charge < -0.3 is 15.3 Å². The number of anilines is 1. The molecule has 1 aliphatic heterocycles. The molecule has 2 aliphatic rings. The van der Waals surface area contributed by atoms with Gasteiger partial charge in [0.15, 0.2) is 0 Å². The van der Waals surface area contributed by atoms with Crippen LogP contribution in [0.5, 0.6) is 0 Å². The molecule has 0 aromatic heterocycles. The number of hydrogen-bond acceptors (Lipinski definition) is 4. The second kappa shape index (κ2) is 6.46. The lowest BCUT2D eigenvalue weighted by molar-refractivity contribution is 0.208. The second-order valence-corrected chi connectivity index (χ2v) is 6.26. The summed E-state index contributed by atoms with van der Waals surface area (Å²) in [6, 6.07) is 9.22. The lowest BCUT2D eigenvalue weighted by Crippen LogP contribution is -2.37. The normalized spacial score (nSPS) is 22.1. The molecule has 1 saturated heterocycles. The SMILES string of the molecule is N#Cc1cc(CNC2CC2)ccc1N1CCCC(CO)C1. The molecule has 0 amide bonds. The van der Waals surface area contributed by atoms with Crippen LogP contribution in [0.3, 0.4) is 0 Å². The topological polar surface area (TPSA) is 59.3 Å². The molecule has 1 heterocycles. The minimum Gasteiger partial charge on any atom is -0.396 e. The Hall–Kier alpha value is -1.57. The van der Waals surface area contributed by atoms with Gasteiger partial charge in [0.25, 0.3) is 0 Å². The van der Waals surface area contributed by atoms with Crippen molar-refractivity contribution in [2.24, 2.45) is 5.92 Å². The number of piperidine rings is 1. The summed E-state index contributed by atoms with van der Waals surface area (Å²) in [5.41, 5.74) is 2.95. The Morgan fingerprint density at radius 3 is 2.90 bits per heavy atom. The van der Waals surface area contributed by atoms with Crippen molar-refractivity contribution in [1.29, 1.82) is 5.26 Å². The molecular formula is C17H23N3O. The number of nitriles is 1. The molecule has 1 aromatic carbocycles. The Bertz CT molecular complexity index is 533. The van der Waals surface area contributed by atoms with E-state index in [1.165, 1.54) is 18.4 Å². The Kier molecular flexibility index (Phi) is 4.42. The van der Waals surface area contributed by atoms with Gasteiger partial charge in [0.1, 0.15) is 6.07 Å². The summed E-state index contributed by atoms with van der Waals surface area (Å²) in [6.07, 6.45) is 4.72. The van der Waals surface area contributed by atoms with E-state index in [1.54, 1.807) is 0 Å². The van der Waals surface area contributed by atoms with Gasteiger partial charge in [-0.15, -0.1) is 0 Å². The number of nitrogens with zero attached hydrogens (tertiary/aromatic N) is 2. The molecule has 1 atom stereocenters. The van der Waals surface area contributed by atoms with Crippen molar-refractivity contribution in [3.8, 4) is 6.07 Å². The van der Waals surface area contributed by atoms with Gasteiger partial charge in [-0.2, -0.15) is 5.26 Å². The van der Waals surface area contributed by atoms with Crippen molar-refractivity contribution in [2.75, 3.05) is 24.6 Å². The van der Waals surface area contributed by atoms with Crippen LogP contribution in [-0.2, 0) is 6.54 Å². The van der Waals surface area contributed by atoms with Crippen LogP contribution >= 0.6 is 0 Å². The first-order valence-electron chi connectivity index (χ1n) is 7.92. The van der Waals surface area contributed by atoms with Crippen LogP contribution < -0.4 is 10.2 Å². The standard InChI is InChI=1S/C17H23N3O/c18-9-15-8-13(10-19-16-4-5-16)3-6-17(15)20-7-1-2-14(11-20)12-21/h3,6,8,14,16,19,21H,1-2,4-5,7,10-12H2. The molecule has 1 aromatic rings. The van der Waals surface area contributed by atoms with E-state index in [0.717, 1.165) is 43.7 Å². The fraction of sp³-hybridized carbons (Fsp3) is 0.588. The molecule has 3 rings (SSSR count). The van der Waals surface area contributed by atoms with Crippen LogP contribution in [0.15, 0.2) is 18.2 Å². The lowest BCUT2D eigenvalue weighted by Gasteiger charge is -2.34. The minimum atomic E-state index is 0.238. The van der Waals surface area contributed by atoms with Crippen LogP contribution in [0.25, 0.3) is 0 Å². The van der Waals surface area contributed by atoms with Crippen molar-refractivity contribution < 1.29 is 5.11 Å². The first-order chi connectivity index (χ1) is 10.3. The zero-order chi connectivity index (χ0) is 14.7. The highest BCUT2D eigenvalue weighted by Crippen LogP contribution is 2.27. The van der Waals surface area contributed by atoms with Gasteiger partial charge in [0, 0.05) is 32.3 Å². The van der Waals surface area contributed by atoms with E-state index in [2.05, 4.69) is 28.4 Å². The highest BCUT2D eigenvalue weighted by molar-refractivity contribution is 5.60. The summed E-state index contributed by atoms with van der Waals surface area (Å²) in [6.45, 7) is 2.91. The number of rotatable bonds is 5. The molecule has 0 bridgehead atoms. The van der Waals surface area contributed by atoms with E-state index in [-0.39, 0.29) is 6.61 Å². The maximum atomic E-state index is 9.44. The summed E-state index contributed by atoms with van der Waals surface area (Å²) >= 11 is 0. The van der Waals surface area contributed by atoms with Crippen LogP contribution in [-0.4, -0.2) is 30.8 Å². The molecular weight excluding hydrogens is 262 g/mol. The fourth-order valence-electron chi connectivity index (χ4n) is 3.04. The number of hydrogen-bond donors (Lipinski definition) is 2. The van der Waals surface area contributed by atoms with Crippen LogP contribution in [0.4, 0.5) is 5.69 Å². The third-order valence-electron chi connectivity index (χ3n) is 4.47. The number of aliphatic hydroxyl groups is 1.